The molecule has 2 N–H and O–H groups in total. The molecule has 0 spiro atoms. The second-order valence-electron chi connectivity index (χ2n) is 5.05. The number of likely N-dealkylation sites (N-methyl/N-ethyl adjacent to an activating group) is 1. The van der Waals surface area contributed by atoms with Crippen LogP contribution in [0.2, 0.25) is 0 Å². The van der Waals surface area contributed by atoms with Gasteiger partial charge in [0.15, 0.2) is 11.5 Å². The molecule has 1 aromatic rings. The number of benzene rings is 1. The van der Waals surface area contributed by atoms with E-state index in [1.165, 1.54) is 12.0 Å². The summed E-state index contributed by atoms with van der Waals surface area (Å²) in [6.45, 7) is 2.02. The number of ether oxygens (including phenoxy) is 2. The standard InChI is InChI=1S/C14H20N2O2/c1-16-11(9-15)3-4-12(16)10-2-5-13-14(8-10)18-7-6-17-13/h2,5,8,11-12H,3-4,6-7,9,15H2,1H3. The van der Waals surface area contributed by atoms with Crippen LogP contribution in [0.15, 0.2) is 18.2 Å². The molecule has 0 aromatic heterocycles. The maximum absolute atomic E-state index is 5.79. The van der Waals surface area contributed by atoms with Gasteiger partial charge in [-0.3, -0.25) is 4.90 Å². The van der Waals surface area contributed by atoms with Gasteiger partial charge in [-0.1, -0.05) is 6.07 Å². The first-order valence-corrected chi connectivity index (χ1v) is 6.61. The van der Waals surface area contributed by atoms with E-state index >= 15 is 0 Å². The van der Waals surface area contributed by atoms with Crippen LogP contribution in [0.5, 0.6) is 11.5 Å². The van der Waals surface area contributed by atoms with Crippen LogP contribution in [0.1, 0.15) is 24.4 Å². The Balaban J connectivity index is 1.84. The smallest absolute Gasteiger partial charge is 0.161 e. The third kappa shape index (κ3) is 1.95. The predicted octanol–water partition coefficient (Wildman–Crippen LogP) is 1.55. The van der Waals surface area contributed by atoms with Crippen LogP contribution < -0.4 is 15.2 Å². The van der Waals surface area contributed by atoms with Gasteiger partial charge in [0.05, 0.1) is 0 Å². The average Bonchev–Trinajstić information content (AvgIpc) is 2.79. The molecule has 0 amide bonds. The van der Waals surface area contributed by atoms with E-state index in [2.05, 4.69) is 24.1 Å². The Morgan fingerprint density at radius 1 is 1.22 bits per heavy atom. The van der Waals surface area contributed by atoms with Crippen molar-refractivity contribution in [3.05, 3.63) is 23.8 Å². The van der Waals surface area contributed by atoms with Gasteiger partial charge in [0.1, 0.15) is 13.2 Å². The largest absolute Gasteiger partial charge is 0.486 e. The highest BCUT2D eigenvalue weighted by Gasteiger charge is 2.31. The molecular formula is C14H20N2O2. The Kier molecular flexibility index (Phi) is 3.14. The summed E-state index contributed by atoms with van der Waals surface area (Å²) in [7, 11) is 2.16. The Labute approximate surface area is 108 Å². The normalized spacial score (nSPS) is 27.4. The summed E-state index contributed by atoms with van der Waals surface area (Å²) >= 11 is 0. The summed E-state index contributed by atoms with van der Waals surface area (Å²) in [5.74, 6) is 1.74. The molecule has 1 fully saturated rings. The van der Waals surface area contributed by atoms with Gasteiger partial charge in [-0.2, -0.15) is 0 Å². The summed E-state index contributed by atoms with van der Waals surface area (Å²) in [5, 5.41) is 0. The zero-order valence-corrected chi connectivity index (χ0v) is 10.8. The van der Waals surface area contributed by atoms with Gasteiger partial charge in [0.25, 0.3) is 0 Å². The quantitative estimate of drug-likeness (QED) is 0.862. The van der Waals surface area contributed by atoms with Crippen LogP contribution >= 0.6 is 0 Å². The number of nitrogens with two attached hydrogens (primary N) is 1. The van der Waals surface area contributed by atoms with Crippen LogP contribution in [0.25, 0.3) is 0 Å². The second kappa shape index (κ2) is 4.78. The molecule has 0 bridgehead atoms. The SMILES string of the molecule is CN1C(CN)CCC1c1ccc2c(c1)OCCO2. The first kappa shape index (κ1) is 11.8. The lowest BCUT2D eigenvalue weighted by Gasteiger charge is -2.26. The maximum atomic E-state index is 5.79. The fourth-order valence-electron chi connectivity index (χ4n) is 2.97. The van der Waals surface area contributed by atoms with E-state index in [-0.39, 0.29) is 0 Å². The minimum atomic E-state index is 0.453. The monoisotopic (exact) mass is 248 g/mol. The highest BCUT2D eigenvalue weighted by molar-refractivity contribution is 5.44. The van der Waals surface area contributed by atoms with Crippen molar-refractivity contribution in [3.63, 3.8) is 0 Å². The van der Waals surface area contributed by atoms with Crippen molar-refractivity contribution >= 4 is 0 Å². The van der Waals surface area contributed by atoms with Gasteiger partial charge < -0.3 is 15.2 Å². The summed E-state index contributed by atoms with van der Waals surface area (Å²) in [6.07, 6.45) is 2.34. The Morgan fingerprint density at radius 2 is 2.00 bits per heavy atom. The van der Waals surface area contributed by atoms with Gasteiger partial charge in [-0.05, 0) is 37.6 Å². The first-order valence-electron chi connectivity index (χ1n) is 6.61. The third-order valence-corrected chi connectivity index (χ3v) is 4.06. The molecule has 2 atom stereocenters. The minimum absolute atomic E-state index is 0.453. The Hall–Kier alpha value is -1.26. The topological polar surface area (TPSA) is 47.7 Å². The van der Waals surface area contributed by atoms with E-state index in [0.29, 0.717) is 25.3 Å². The molecule has 2 aliphatic heterocycles. The third-order valence-electron chi connectivity index (χ3n) is 4.06. The van der Waals surface area contributed by atoms with Crippen molar-refractivity contribution in [2.24, 2.45) is 5.73 Å². The highest BCUT2D eigenvalue weighted by Crippen LogP contribution is 2.39. The van der Waals surface area contributed by atoms with Crippen molar-refractivity contribution in [2.75, 3.05) is 26.8 Å². The summed E-state index contributed by atoms with van der Waals surface area (Å²) in [6, 6.07) is 7.24. The number of likely N-dealkylation sites (tertiary alicyclic amines) is 1. The van der Waals surface area contributed by atoms with Gasteiger partial charge in [-0.25, -0.2) is 0 Å². The molecule has 2 aliphatic rings. The van der Waals surface area contributed by atoms with Crippen molar-refractivity contribution in [2.45, 2.75) is 24.9 Å². The van der Waals surface area contributed by atoms with Gasteiger partial charge in [0, 0.05) is 18.6 Å². The van der Waals surface area contributed by atoms with Crippen LogP contribution in [-0.4, -0.2) is 37.7 Å². The molecule has 98 valence electrons. The molecule has 0 aliphatic carbocycles. The Bertz CT molecular complexity index is 436. The molecule has 0 radical (unpaired) electrons. The van der Waals surface area contributed by atoms with E-state index < -0.39 is 0 Å². The van der Waals surface area contributed by atoms with E-state index in [1.54, 1.807) is 0 Å². The summed E-state index contributed by atoms with van der Waals surface area (Å²) in [5.41, 5.74) is 7.09. The molecular weight excluding hydrogens is 228 g/mol. The lowest BCUT2D eigenvalue weighted by Crippen LogP contribution is -2.33. The average molecular weight is 248 g/mol. The van der Waals surface area contributed by atoms with Crippen molar-refractivity contribution in [3.8, 4) is 11.5 Å². The number of rotatable bonds is 2. The molecule has 4 nitrogen and oxygen atoms in total. The summed E-state index contributed by atoms with van der Waals surface area (Å²) in [4.78, 5) is 2.38. The molecule has 4 heteroatoms. The summed E-state index contributed by atoms with van der Waals surface area (Å²) < 4.78 is 11.2. The van der Waals surface area contributed by atoms with Crippen molar-refractivity contribution in [1.29, 1.82) is 0 Å². The van der Waals surface area contributed by atoms with Crippen molar-refractivity contribution < 1.29 is 9.47 Å². The zero-order valence-electron chi connectivity index (χ0n) is 10.8. The first-order chi connectivity index (χ1) is 8.79. The lowest BCUT2D eigenvalue weighted by atomic mass is 10.0. The van der Waals surface area contributed by atoms with E-state index in [1.807, 2.05) is 6.07 Å². The molecule has 2 unspecified atom stereocenters. The molecule has 0 saturated carbocycles. The number of nitrogens with zero attached hydrogens (tertiary/aromatic N) is 1. The van der Waals surface area contributed by atoms with E-state index in [0.717, 1.165) is 24.5 Å². The fourth-order valence-corrected chi connectivity index (χ4v) is 2.97. The minimum Gasteiger partial charge on any atom is -0.486 e. The van der Waals surface area contributed by atoms with Crippen LogP contribution in [0.3, 0.4) is 0 Å². The van der Waals surface area contributed by atoms with E-state index in [4.69, 9.17) is 15.2 Å². The highest BCUT2D eigenvalue weighted by atomic mass is 16.6. The van der Waals surface area contributed by atoms with Crippen molar-refractivity contribution in [1.82, 2.24) is 4.90 Å². The lowest BCUT2D eigenvalue weighted by molar-refractivity contribution is 0.170. The van der Waals surface area contributed by atoms with Gasteiger partial charge in [0.2, 0.25) is 0 Å². The predicted molar refractivity (Wildman–Crippen MR) is 70.0 cm³/mol. The van der Waals surface area contributed by atoms with Gasteiger partial charge in [-0.15, -0.1) is 0 Å². The van der Waals surface area contributed by atoms with E-state index in [9.17, 15) is 0 Å². The number of fused-ring (bicyclic) bond motifs is 1. The molecule has 18 heavy (non-hydrogen) atoms. The molecule has 1 aromatic carbocycles. The molecule has 3 rings (SSSR count). The molecule has 2 heterocycles. The van der Waals surface area contributed by atoms with Crippen LogP contribution in [0, 0.1) is 0 Å². The number of hydrogen-bond donors (Lipinski definition) is 1. The second-order valence-corrected chi connectivity index (χ2v) is 5.05. The maximum Gasteiger partial charge on any atom is 0.161 e. The van der Waals surface area contributed by atoms with Gasteiger partial charge >= 0.3 is 0 Å². The zero-order chi connectivity index (χ0) is 12.5. The van der Waals surface area contributed by atoms with Crippen LogP contribution in [-0.2, 0) is 0 Å². The van der Waals surface area contributed by atoms with Crippen LogP contribution in [0.4, 0.5) is 0 Å². The Morgan fingerprint density at radius 3 is 2.72 bits per heavy atom. The fraction of sp³-hybridized carbons (Fsp3) is 0.571. The number of hydrogen-bond acceptors (Lipinski definition) is 4. The molecule has 1 saturated heterocycles.